The number of fused-ring (bicyclic) bond motifs is 1. The molecule has 7 nitrogen and oxygen atoms in total. The zero-order chi connectivity index (χ0) is 27.6. The van der Waals surface area contributed by atoms with Gasteiger partial charge in [-0.3, -0.25) is 4.90 Å². The van der Waals surface area contributed by atoms with Crippen molar-refractivity contribution in [3.05, 3.63) is 47.2 Å². The Morgan fingerprint density at radius 1 is 1.21 bits per heavy atom. The average molecular weight is 542 g/mol. The zero-order valence-electron chi connectivity index (χ0n) is 23.4. The molecule has 4 heterocycles. The molecule has 0 amide bonds. The molecule has 5 rings (SSSR count). The molecule has 39 heavy (non-hydrogen) atoms. The van der Waals surface area contributed by atoms with Gasteiger partial charge in [0.25, 0.3) is 5.92 Å². The molecule has 1 N–H and O–H groups in total. The SMILES string of the molecule is CC(C)(C)OC(=O)C(c1cncnc1C1CC1)N1CCC(C(F)(F)CCCCc2ccc3c(n2)NCCC3)C1. The molecule has 1 aliphatic carbocycles. The van der Waals surface area contributed by atoms with Crippen molar-refractivity contribution in [3.8, 4) is 0 Å². The molecule has 2 aromatic heterocycles. The molecule has 0 spiro atoms. The van der Waals surface area contributed by atoms with Gasteiger partial charge in [-0.25, -0.2) is 28.5 Å². The number of carbonyl (C=O) groups is 1. The maximum atomic E-state index is 15.4. The van der Waals surface area contributed by atoms with E-state index in [2.05, 4.69) is 26.3 Å². The van der Waals surface area contributed by atoms with Crippen LogP contribution in [0.2, 0.25) is 0 Å². The number of esters is 1. The van der Waals surface area contributed by atoms with Crippen molar-refractivity contribution >= 4 is 11.8 Å². The Balaban J connectivity index is 1.21. The fraction of sp³-hybridized carbons (Fsp3) is 0.667. The second kappa shape index (κ2) is 11.4. The van der Waals surface area contributed by atoms with E-state index in [9.17, 15) is 4.79 Å². The number of hydrogen-bond acceptors (Lipinski definition) is 7. The molecule has 0 radical (unpaired) electrons. The van der Waals surface area contributed by atoms with Gasteiger partial charge in [-0.05, 0) is 90.3 Å². The van der Waals surface area contributed by atoms with Crippen LogP contribution in [0.4, 0.5) is 14.6 Å². The molecule has 0 aromatic carbocycles. The van der Waals surface area contributed by atoms with Crippen LogP contribution in [0.25, 0.3) is 0 Å². The summed E-state index contributed by atoms with van der Waals surface area (Å²) in [7, 11) is 0. The fourth-order valence-electron chi connectivity index (χ4n) is 5.83. The summed E-state index contributed by atoms with van der Waals surface area (Å²) < 4.78 is 36.6. The van der Waals surface area contributed by atoms with E-state index in [1.807, 2.05) is 31.7 Å². The van der Waals surface area contributed by atoms with Crippen LogP contribution >= 0.6 is 0 Å². The van der Waals surface area contributed by atoms with E-state index in [4.69, 9.17) is 4.74 Å². The smallest absolute Gasteiger partial charge is 0.328 e. The lowest BCUT2D eigenvalue weighted by molar-refractivity contribution is -0.162. The number of anilines is 1. The van der Waals surface area contributed by atoms with E-state index in [-0.39, 0.29) is 13.0 Å². The van der Waals surface area contributed by atoms with E-state index in [0.29, 0.717) is 43.7 Å². The molecule has 2 unspecified atom stereocenters. The lowest BCUT2D eigenvalue weighted by Crippen LogP contribution is -2.39. The molecule has 2 aliphatic heterocycles. The van der Waals surface area contributed by atoms with Crippen LogP contribution in [0.5, 0.6) is 0 Å². The highest BCUT2D eigenvalue weighted by Gasteiger charge is 2.47. The molecule has 212 valence electrons. The number of rotatable bonds is 10. The number of carbonyl (C=O) groups excluding carboxylic acids is 1. The van der Waals surface area contributed by atoms with Gasteiger partial charge in [0.05, 0.1) is 5.69 Å². The number of ether oxygens (including phenoxy) is 1. The van der Waals surface area contributed by atoms with Crippen LogP contribution in [0, 0.1) is 5.92 Å². The van der Waals surface area contributed by atoms with E-state index in [1.165, 1.54) is 11.9 Å². The first-order chi connectivity index (χ1) is 18.6. The Labute approximate surface area is 230 Å². The predicted molar refractivity (Wildman–Crippen MR) is 146 cm³/mol. The van der Waals surface area contributed by atoms with Gasteiger partial charge in [-0.1, -0.05) is 6.07 Å². The van der Waals surface area contributed by atoms with Crippen LogP contribution in [0.1, 0.15) is 100 Å². The van der Waals surface area contributed by atoms with Gasteiger partial charge >= 0.3 is 5.97 Å². The van der Waals surface area contributed by atoms with Gasteiger partial charge in [0.15, 0.2) is 0 Å². The number of hydrogen-bond donors (Lipinski definition) is 1. The van der Waals surface area contributed by atoms with Crippen LogP contribution in [-0.4, -0.2) is 57.0 Å². The maximum absolute atomic E-state index is 15.4. The number of halogens is 2. The van der Waals surface area contributed by atoms with Crippen molar-refractivity contribution in [1.29, 1.82) is 0 Å². The van der Waals surface area contributed by atoms with Crippen molar-refractivity contribution < 1.29 is 18.3 Å². The summed E-state index contributed by atoms with van der Waals surface area (Å²) >= 11 is 0. The maximum Gasteiger partial charge on any atom is 0.328 e. The number of unbranched alkanes of at least 4 members (excludes halogenated alkanes) is 1. The molecule has 2 fully saturated rings. The number of likely N-dealkylation sites (tertiary alicyclic amines) is 1. The number of aromatic nitrogens is 3. The molecule has 2 aromatic rings. The lowest BCUT2D eigenvalue weighted by atomic mass is 9.95. The van der Waals surface area contributed by atoms with E-state index < -0.39 is 29.5 Å². The number of nitrogens with zero attached hydrogens (tertiary/aromatic N) is 4. The summed E-state index contributed by atoms with van der Waals surface area (Å²) in [6.45, 7) is 6.96. The number of pyridine rings is 1. The van der Waals surface area contributed by atoms with Crippen LogP contribution in [0.3, 0.4) is 0 Å². The van der Waals surface area contributed by atoms with Crippen LogP contribution in [0.15, 0.2) is 24.7 Å². The van der Waals surface area contributed by atoms with Gasteiger partial charge in [-0.2, -0.15) is 0 Å². The third kappa shape index (κ3) is 6.91. The van der Waals surface area contributed by atoms with E-state index in [1.54, 1.807) is 6.20 Å². The highest BCUT2D eigenvalue weighted by Crippen LogP contribution is 2.45. The summed E-state index contributed by atoms with van der Waals surface area (Å²) in [5.74, 6) is -2.78. The summed E-state index contributed by atoms with van der Waals surface area (Å²) in [5.41, 5.74) is 3.05. The molecule has 2 atom stereocenters. The highest BCUT2D eigenvalue weighted by molar-refractivity contribution is 5.78. The minimum atomic E-state index is -2.80. The topological polar surface area (TPSA) is 80.2 Å². The van der Waals surface area contributed by atoms with Gasteiger partial charge in [-0.15, -0.1) is 0 Å². The minimum absolute atomic E-state index is 0.147. The summed E-state index contributed by atoms with van der Waals surface area (Å²) in [6.07, 6.45) is 9.34. The molecule has 1 saturated heterocycles. The summed E-state index contributed by atoms with van der Waals surface area (Å²) in [6, 6.07) is 3.36. The molecule has 9 heteroatoms. The average Bonchev–Trinajstić information content (AvgIpc) is 3.62. The molecular weight excluding hydrogens is 500 g/mol. The van der Waals surface area contributed by atoms with Gasteiger partial charge in [0.1, 0.15) is 23.8 Å². The largest absolute Gasteiger partial charge is 0.459 e. The first-order valence-electron chi connectivity index (χ1n) is 14.5. The predicted octanol–water partition coefficient (Wildman–Crippen LogP) is 5.86. The zero-order valence-corrected chi connectivity index (χ0v) is 23.4. The Bertz CT molecular complexity index is 1160. The monoisotopic (exact) mass is 541 g/mol. The third-order valence-corrected chi connectivity index (χ3v) is 7.99. The number of nitrogens with one attached hydrogen (secondary N) is 1. The normalized spacial score (nSPS) is 20.8. The van der Waals surface area contributed by atoms with Crippen LogP contribution in [-0.2, 0) is 22.4 Å². The molecular formula is C30H41F2N5O2. The van der Waals surface area contributed by atoms with Crippen molar-refractivity contribution in [2.24, 2.45) is 5.92 Å². The second-order valence-electron chi connectivity index (χ2n) is 12.4. The minimum Gasteiger partial charge on any atom is -0.459 e. The Hall–Kier alpha value is -2.68. The highest BCUT2D eigenvalue weighted by atomic mass is 19.3. The third-order valence-electron chi connectivity index (χ3n) is 7.99. The van der Waals surface area contributed by atoms with Gasteiger partial charge < -0.3 is 10.1 Å². The van der Waals surface area contributed by atoms with Gasteiger partial charge in [0.2, 0.25) is 0 Å². The summed E-state index contributed by atoms with van der Waals surface area (Å²) in [5, 5.41) is 3.34. The molecule has 3 aliphatic rings. The van der Waals surface area contributed by atoms with Crippen LogP contribution < -0.4 is 5.32 Å². The van der Waals surface area contributed by atoms with Gasteiger partial charge in [0, 0.05) is 48.8 Å². The number of aryl methyl sites for hydroxylation is 2. The molecule has 1 saturated carbocycles. The first kappa shape index (κ1) is 27.9. The number of alkyl halides is 2. The van der Waals surface area contributed by atoms with Crippen molar-refractivity contribution in [1.82, 2.24) is 19.9 Å². The second-order valence-corrected chi connectivity index (χ2v) is 12.4. The Morgan fingerprint density at radius 2 is 2.03 bits per heavy atom. The van der Waals surface area contributed by atoms with Crippen molar-refractivity contribution in [2.75, 3.05) is 25.0 Å². The van der Waals surface area contributed by atoms with Crippen molar-refractivity contribution in [2.45, 2.75) is 102 Å². The fourth-order valence-corrected chi connectivity index (χ4v) is 5.83. The van der Waals surface area contributed by atoms with E-state index >= 15 is 8.78 Å². The van der Waals surface area contributed by atoms with Crippen molar-refractivity contribution in [3.63, 3.8) is 0 Å². The Morgan fingerprint density at radius 3 is 2.79 bits per heavy atom. The molecule has 0 bridgehead atoms. The first-order valence-corrected chi connectivity index (χ1v) is 14.5. The van der Waals surface area contributed by atoms with E-state index in [0.717, 1.165) is 49.4 Å². The lowest BCUT2D eigenvalue weighted by Gasteiger charge is -2.31. The quantitative estimate of drug-likeness (QED) is 0.298. The summed E-state index contributed by atoms with van der Waals surface area (Å²) in [4.78, 5) is 28.6. The standard InChI is InChI=1S/C30H41F2N5O2/c1-29(2,3)39-28(38)26(24-17-33-19-35-25(24)20-9-10-20)37-16-13-22(18-37)30(31,32)14-5-4-8-23-12-11-21-7-6-15-34-27(21)36-23/h11-12,17,19-20,22,26H,4-10,13-16,18H2,1-3H3,(H,34,36). The Kier molecular flexibility index (Phi) is 8.17.